The highest BCUT2D eigenvalue weighted by molar-refractivity contribution is 7.95. The zero-order valence-corrected chi connectivity index (χ0v) is 19.0. The number of ether oxygens (including phenoxy) is 3. The lowest BCUT2D eigenvalue weighted by Gasteiger charge is -2.35. The Morgan fingerprint density at radius 3 is 2.33 bits per heavy atom. The quantitative estimate of drug-likeness (QED) is 0.347. The van der Waals surface area contributed by atoms with Crippen LogP contribution in [0.15, 0.2) is 4.40 Å². The van der Waals surface area contributed by atoms with E-state index in [2.05, 4.69) is 63.1 Å². The minimum atomic E-state index is -0.248. The fourth-order valence-electron chi connectivity index (χ4n) is 2.95. The van der Waals surface area contributed by atoms with Crippen molar-refractivity contribution in [3.8, 4) is 0 Å². The van der Waals surface area contributed by atoms with Crippen LogP contribution in [0.1, 0.15) is 54.9 Å². The smallest absolute Gasteiger partial charge is 0.214 e. The maximum Gasteiger partial charge on any atom is 0.214 e. The molecule has 1 fully saturated rings. The first kappa shape index (κ1) is 24.7. The van der Waals surface area contributed by atoms with E-state index in [1.165, 1.54) is 0 Å². The maximum absolute atomic E-state index is 6.21. The van der Waals surface area contributed by atoms with Crippen molar-refractivity contribution in [2.45, 2.75) is 78.2 Å². The Labute approximate surface area is 170 Å². The molecule has 1 aliphatic rings. The van der Waals surface area contributed by atoms with Crippen molar-refractivity contribution in [1.29, 1.82) is 0 Å². The molecule has 0 amide bonds. The molecule has 1 rings (SSSR count). The molecule has 0 aromatic rings. The number of hydrogen-bond acceptors (Lipinski definition) is 8. The summed E-state index contributed by atoms with van der Waals surface area (Å²) in [6.07, 6.45) is 0.823. The van der Waals surface area contributed by atoms with Crippen LogP contribution in [0, 0.1) is 0 Å². The summed E-state index contributed by atoms with van der Waals surface area (Å²) in [4.78, 5) is 2.35. The van der Waals surface area contributed by atoms with Crippen LogP contribution in [0.4, 0.5) is 0 Å². The molecule has 1 saturated heterocycles. The van der Waals surface area contributed by atoms with E-state index < -0.39 is 0 Å². The first-order chi connectivity index (χ1) is 12.6. The molecule has 0 aromatic heterocycles. The first-order valence-corrected chi connectivity index (χ1v) is 10.7. The van der Waals surface area contributed by atoms with E-state index in [0.29, 0.717) is 19.0 Å². The summed E-state index contributed by atoms with van der Waals surface area (Å²) >= 11 is 0.948. The van der Waals surface area contributed by atoms with Crippen LogP contribution in [0.2, 0.25) is 0 Å². The van der Waals surface area contributed by atoms with Crippen LogP contribution in [0.25, 0.3) is 0 Å². The number of rotatable bonds is 9. The van der Waals surface area contributed by atoms with Gasteiger partial charge in [0, 0.05) is 25.2 Å². The average molecular weight is 405 g/mol. The summed E-state index contributed by atoms with van der Waals surface area (Å²) in [6.45, 7) is 19.1. The van der Waals surface area contributed by atoms with Crippen molar-refractivity contribution in [2.24, 2.45) is 9.54 Å². The normalized spacial score (nSPS) is 19.8. The van der Waals surface area contributed by atoms with E-state index in [-0.39, 0.29) is 23.3 Å². The third-order valence-electron chi connectivity index (χ3n) is 4.10. The second kappa shape index (κ2) is 11.6. The lowest BCUT2D eigenvalue weighted by molar-refractivity contribution is -0.0790. The largest absolute Gasteiger partial charge is 0.476 e. The Kier molecular flexibility index (Phi) is 10.6. The summed E-state index contributed by atoms with van der Waals surface area (Å²) in [7, 11) is 0. The van der Waals surface area contributed by atoms with Gasteiger partial charge in [-0.05, 0) is 48.0 Å². The van der Waals surface area contributed by atoms with Gasteiger partial charge in [-0.25, -0.2) is 0 Å². The summed E-state index contributed by atoms with van der Waals surface area (Å²) in [5, 5.41) is 9.14. The predicted molar refractivity (Wildman–Crippen MR) is 114 cm³/mol. The van der Waals surface area contributed by atoms with Gasteiger partial charge < -0.3 is 19.5 Å². The summed E-state index contributed by atoms with van der Waals surface area (Å²) in [5.41, 5.74) is -0.231. The van der Waals surface area contributed by atoms with Crippen molar-refractivity contribution in [2.75, 3.05) is 39.5 Å². The molecule has 7 nitrogen and oxygen atoms in total. The molecule has 1 aliphatic heterocycles. The van der Waals surface area contributed by atoms with Crippen LogP contribution in [0.3, 0.4) is 0 Å². The van der Waals surface area contributed by atoms with Crippen LogP contribution in [-0.2, 0) is 14.2 Å². The molecule has 0 radical (unpaired) electrons. The van der Waals surface area contributed by atoms with E-state index >= 15 is 0 Å². The Hall–Kier alpha value is -0.380. The van der Waals surface area contributed by atoms with Gasteiger partial charge in [-0.3, -0.25) is 10.0 Å². The Morgan fingerprint density at radius 2 is 1.85 bits per heavy atom. The molecule has 0 aliphatic carbocycles. The highest BCUT2D eigenvalue weighted by Crippen LogP contribution is 2.16. The number of nitrogens with two attached hydrogens (primary N) is 1. The van der Waals surface area contributed by atoms with Crippen molar-refractivity contribution in [3.05, 3.63) is 0 Å². The summed E-state index contributed by atoms with van der Waals surface area (Å²) in [6, 6.07) is 0.107. The van der Waals surface area contributed by atoms with E-state index in [1.807, 2.05) is 0 Å². The molecular weight excluding hydrogens is 364 g/mol. The van der Waals surface area contributed by atoms with Gasteiger partial charge in [0.05, 0.1) is 37.0 Å². The van der Waals surface area contributed by atoms with E-state index in [4.69, 9.17) is 19.3 Å². The SMILES string of the molecule is CCC(C(=NSN)OC[C@H](CNC(C)(C)C)OC(C)(C)C)N1CCOCC1. The molecule has 1 unspecified atom stereocenters. The van der Waals surface area contributed by atoms with Crippen molar-refractivity contribution < 1.29 is 14.2 Å². The highest BCUT2D eigenvalue weighted by Gasteiger charge is 2.28. The van der Waals surface area contributed by atoms with Crippen LogP contribution in [-0.4, -0.2) is 73.5 Å². The minimum absolute atomic E-state index is 0.0171. The average Bonchev–Trinajstić information content (AvgIpc) is 2.57. The molecule has 8 heteroatoms. The second-order valence-electron chi connectivity index (χ2n) is 8.90. The van der Waals surface area contributed by atoms with Gasteiger partial charge in [0.1, 0.15) is 12.7 Å². The van der Waals surface area contributed by atoms with Gasteiger partial charge in [0.15, 0.2) is 0 Å². The van der Waals surface area contributed by atoms with Gasteiger partial charge in [-0.1, -0.05) is 6.92 Å². The number of nitrogens with one attached hydrogen (secondary N) is 1. The highest BCUT2D eigenvalue weighted by atomic mass is 32.2. The van der Waals surface area contributed by atoms with Gasteiger partial charge in [-0.15, -0.1) is 0 Å². The zero-order valence-electron chi connectivity index (χ0n) is 18.2. The first-order valence-electron chi connectivity index (χ1n) is 9.87. The summed E-state index contributed by atoms with van der Waals surface area (Å²) in [5.74, 6) is 0.671. The second-order valence-corrected chi connectivity index (χ2v) is 9.29. The van der Waals surface area contributed by atoms with Gasteiger partial charge in [0.25, 0.3) is 0 Å². The molecule has 2 atom stereocenters. The number of hydrogen-bond donors (Lipinski definition) is 2. The Bertz CT molecular complexity index is 443. The fourth-order valence-corrected chi connectivity index (χ4v) is 3.22. The van der Waals surface area contributed by atoms with Crippen LogP contribution < -0.4 is 10.5 Å². The predicted octanol–water partition coefficient (Wildman–Crippen LogP) is 2.61. The molecule has 1 heterocycles. The van der Waals surface area contributed by atoms with Crippen molar-refractivity contribution in [1.82, 2.24) is 10.2 Å². The molecular formula is C19H40N4O3S. The number of nitrogens with zero attached hydrogens (tertiary/aromatic N) is 2. The van der Waals surface area contributed by atoms with Crippen molar-refractivity contribution in [3.63, 3.8) is 0 Å². The molecule has 160 valence electrons. The number of morpholine rings is 1. The van der Waals surface area contributed by atoms with Gasteiger partial charge >= 0.3 is 0 Å². The molecule has 27 heavy (non-hydrogen) atoms. The Morgan fingerprint density at radius 1 is 1.22 bits per heavy atom. The lowest BCUT2D eigenvalue weighted by atomic mass is 10.1. The maximum atomic E-state index is 6.21. The molecule has 0 aromatic carbocycles. The van der Waals surface area contributed by atoms with E-state index in [9.17, 15) is 0 Å². The molecule has 3 N–H and O–H groups in total. The summed E-state index contributed by atoms with van der Waals surface area (Å²) < 4.78 is 22.2. The minimum Gasteiger partial charge on any atom is -0.476 e. The zero-order chi connectivity index (χ0) is 20.5. The third kappa shape index (κ3) is 10.7. The van der Waals surface area contributed by atoms with Gasteiger partial charge in [-0.2, -0.15) is 4.40 Å². The topological polar surface area (TPSA) is 81.3 Å². The molecule has 0 saturated carbocycles. The van der Waals surface area contributed by atoms with Crippen LogP contribution >= 0.6 is 12.1 Å². The van der Waals surface area contributed by atoms with E-state index in [0.717, 1.165) is 44.9 Å². The van der Waals surface area contributed by atoms with Gasteiger partial charge in [0.2, 0.25) is 5.90 Å². The van der Waals surface area contributed by atoms with E-state index in [1.54, 1.807) is 0 Å². The molecule has 0 bridgehead atoms. The van der Waals surface area contributed by atoms with Crippen LogP contribution in [0.5, 0.6) is 0 Å². The Balaban J connectivity index is 2.77. The van der Waals surface area contributed by atoms with Crippen molar-refractivity contribution >= 4 is 18.0 Å². The standard InChI is InChI=1S/C19H40N4O3S/c1-8-16(23-9-11-24-12-10-23)17(22-27-20)25-14-15(26-19(5,6)7)13-21-18(2,3)4/h15-16,21H,8-14,20H2,1-7H3/t15-,16?/m0/s1. The fraction of sp³-hybridized carbons (Fsp3) is 0.947. The monoisotopic (exact) mass is 404 g/mol. The lowest BCUT2D eigenvalue weighted by Crippen LogP contribution is -2.49. The molecule has 0 spiro atoms. The third-order valence-corrected chi connectivity index (χ3v) is 4.38.